The molecular formula is C19H18FN5O2. The van der Waals surface area contributed by atoms with Gasteiger partial charge in [-0.15, -0.1) is 5.10 Å². The quantitative estimate of drug-likeness (QED) is 0.697. The zero-order chi connectivity index (χ0) is 19.2. The Balaban J connectivity index is 1.60. The molecule has 0 radical (unpaired) electrons. The second kappa shape index (κ2) is 8.22. The van der Waals surface area contributed by atoms with Crippen LogP contribution >= 0.6 is 0 Å². The van der Waals surface area contributed by atoms with Crippen LogP contribution in [0.4, 0.5) is 20.6 Å². The van der Waals surface area contributed by atoms with Crippen molar-refractivity contribution < 1.29 is 14.0 Å². The van der Waals surface area contributed by atoms with Crippen LogP contribution in [-0.4, -0.2) is 26.8 Å². The third-order valence-corrected chi connectivity index (χ3v) is 3.75. The number of benzene rings is 2. The first-order valence-electron chi connectivity index (χ1n) is 8.34. The van der Waals surface area contributed by atoms with Crippen LogP contribution in [-0.2, 0) is 11.2 Å². The number of amides is 2. The summed E-state index contributed by atoms with van der Waals surface area (Å²) in [5.74, 6) is -0.316. The van der Waals surface area contributed by atoms with Crippen molar-refractivity contribution in [3.8, 4) is 5.69 Å². The molecule has 0 atom stereocenters. The molecule has 138 valence electrons. The minimum absolute atomic E-state index is 0.108. The van der Waals surface area contributed by atoms with Crippen LogP contribution in [0.2, 0.25) is 0 Å². The molecule has 0 saturated heterocycles. The van der Waals surface area contributed by atoms with Gasteiger partial charge in [-0.2, -0.15) is 0 Å². The van der Waals surface area contributed by atoms with Gasteiger partial charge in [-0.05, 0) is 55.8 Å². The van der Waals surface area contributed by atoms with Crippen molar-refractivity contribution in [3.05, 3.63) is 66.2 Å². The predicted molar refractivity (Wildman–Crippen MR) is 99.4 cm³/mol. The summed E-state index contributed by atoms with van der Waals surface area (Å²) in [5, 5.41) is 13.3. The van der Waals surface area contributed by atoms with Crippen molar-refractivity contribution in [1.82, 2.24) is 15.0 Å². The van der Waals surface area contributed by atoms with Gasteiger partial charge in [0.15, 0.2) is 0 Å². The molecule has 0 spiro atoms. The molecule has 8 heteroatoms. The maximum Gasteiger partial charge on any atom is 0.323 e. The molecule has 1 aromatic heterocycles. The van der Waals surface area contributed by atoms with E-state index >= 15 is 0 Å². The van der Waals surface area contributed by atoms with Crippen LogP contribution < -0.4 is 10.6 Å². The lowest BCUT2D eigenvalue weighted by atomic mass is 10.2. The third kappa shape index (κ3) is 5.21. The minimum Gasteiger partial charge on any atom is -0.308 e. The van der Waals surface area contributed by atoms with Gasteiger partial charge in [0.25, 0.3) is 0 Å². The number of hydrogen-bond acceptors (Lipinski definition) is 4. The highest BCUT2D eigenvalue weighted by Gasteiger charge is 2.06. The summed E-state index contributed by atoms with van der Waals surface area (Å²) in [4.78, 5) is 23.0. The van der Waals surface area contributed by atoms with Crippen LogP contribution in [0.15, 0.2) is 54.7 Å². The summed E-state index contributed by atoms with van der Waals surface area (Å²) in [6, 6.07) is 12.2. The van der Waals surface area contributed by atoms with E-state index in [0.717, 1.165) is 11.4 Å². The molecule has 1 heterocycles. The standard InChI is InChI=1S/C19H18FN5O2/c1-13(26)5-6-17-12-25(24-23-17)18-9-7-15(8-10-18)21-19(27)22-16-4-2-3-14(20)11-16/h2-4,7-12H,5-6H2,1H3,(H2,21,22,27). The lowest BCUT2D eigenvalue weighted by molar-refractivity contribution is -0.117. The molecule has 2 aromatic carbocycles. The molecule has 27 heavy (non-hydrogen) atoms. The maximum atomic E-state index is 13.1. The smallest absolute Gasteiger partial charge is 0.308 e. The molecule has 7 nitrogen and oxygen atoms in total. The summed E-state index contributed by atoms with van der Waals surface area (Å²) < 4.78 is 14.7. The second-order valence-electron chi connectivity index (χ2n) is 5.99. The van der Waals surface area contributed by atoms with E-state index in [9.17, 15) is 14.0 Å². The van der Waals surface area contributed by atoms with E-state index in [2.05, 4.69) is 20.9 Å². The number of nitrogens with one attached hydrogen (secondary N) is 2. The number of urea groups is 1. The van der Waals surface area contributed by atoms with Gasteiger partial charge < -0.3 is 15.4 Å². The average molecular weight is 367 g/mol. The number of halogens is 1. The van der Waals surface area contributed by atoms with Crippen molar-refractivity contribution in [3.63, 3.8) is 0 Å². The number of aromatic nitrogens is 3. The lowest BCUT2D eigenvalue weighted by Gasteiger charge is -2.08. The highest BCUT2D eigenvalue weighted by Crippen LogP contribution is 2.14. The van der Waals surface area contributed by atoms with Crippen molar-refractivity contribution >= 4 is 23.2 Å². The number of anilines is 2. The molecule has 2 N–H and O–H groups in total. The number of carbonyl (C=O) groups is 2. The summed E-state index contributed by atoms with van der Waals surface area (Å²) in [6.07, 6.45) is 2.75. The zero-order valence-corrected chi connectivity index (χ0v) is 14.6. The van der Waals surface area contributed by atoms with E-state index in [-0.39, 0.29) is 5.78 Å². The Kier molecular flexibility index (Phi) is 5.55. The topological polar surface area (TPSA) is 88.9 Å². The SMILES string of the molecule is CC(=O)CCc1cn(-c2ccc(NC(=O)Nc3cccc(F)c3)cc2)nn1. The molecule has 2 amide bonds. The number of carbonyl (C=O) groups excluding carboxylic acids is 2. The van der Waals surface area contributed by atoms with E-state index in [1.165, 1.54) is 18.2 Å². The number of aryl methyl sites for hydroxylation is 1. The van der Waals surface area contributed by atoms with Gasteiger partial charge in [0, 0.05) is 17.8 Å². The molecule has 0 aliphatic carbocycles. The number of Topliss-reactive ketones (excluding diaryl/α,β-unsaturated/α-hetero) is 1. The molecule has 3 aromatic rings. The van der Waals surface area contributed by atoms with Gasteiger partial charge in [0.1, 0.15) is 11.6 Å². The predicted octanol–water partition coefficient (Wildman–Crippen LogP) is 3.57. The number of nitrogens with zero attached hydrogens (tertiary/aromatic N) is 3. The Hall–Kier alpha value is -3.55. The highest BCUT2D eigenvalue weighted by atomic mass is 19.1. The minimum atomic E-state index is -0.472. The summed E-state index contributed by atoms with van der Waals surface area (Å²) in [6.45, 7) is 1.54. The van der Waals surface area contributed by atoms with E-state index in [1.54, 1.807) is 48.1 Å². The van der Waals surface area contributed by atoms with Crippen LogP contribution in [0, 0.1) is 5.82 Å². The van der Waals surface area contributed by atoms with Gasteiger partial charge in [0.2, 0.25) is 0 Å². The fraction of sp³-hybridized carbons (Fsp3) is 0.158. The van der Waals surface area contributed by atoms with E-state index in [4.69, 9.17) is 0 Å². The molecule has 3 rings (SSSR count). The lowest BCUT2D eigenvalue weighted by Crippen LogP contribution is -2.19. The second-order valence-corrected chi connectivity index (χ2v) is 5.99. The zero-order valence-electron chi connectivity index (χ0n) is 14.6. The van der Waals surface area contributed by atoms with Gasteiger partial charge in [0.05, 0.1) is 17.6 Å². The van der Waals surface area contributed by atoms with Gasteiger partial charge in [-0.25, -0.2) is 13.9 Å². The van der Waals surface area contributed by atoms with Crippen LogP contribution in [0.5, 0.6) is 0 Å². The molecule has 0 unspecified atom stereocenters. The first kappa shape index (κ1) is 18.2. The van der Waals surface area contributed by atoms with Crippen molar-refractivity contribution in [2.45, 2.75) is 19.8 Å². The van der Waals surface area contributed by atoms with E-state index in [0.29, 0.717) is 24.2 Å². The molecular weight excluding hydrogens is 349 g/mol. The summed E-state index contributed by atoms with van der Waals surface area (Å²) >= 11 is 0. The summed E-state index contributed by atoms with van der Waals surface area (Å²) in [5.41, 5.74) is 2.45. The molecule has 0 bridgehead atoms. The Labute approximate surface area is 155 Å². The van der Waals surface area contributed by atoms with E-state index in [1.807, 2.05) is 0 Å². The van der Waals surface area contributed by atoms with Crippen LogP contribution in [0.25, 0.3) is 5.69 Å². The Morgan fingerprint density at radius 2 is 1.81 bits per heavy atom. The van der Waals surface area contributed by atoms with Crippen molar-refractivity contribution in [1.29, 1.82) is 0 Å². The summed E-state index contributed by atoms with van der Waals surface area (Å²) in [7, 11) is 0. The molecule has 0 aliphatic heterocycles. The molecule has 0 aliphatic rings. The largest absolute Gasteiger partial charge is 0.323 e. The Morgan fingerprint density at radius 1 is 1.07 bits per heavy atom. The number of rotatable bonds is 6. The fourth-order valence-electron chi connectivity index (χ4n) is 2.40. The number of ketones is 1. The van der Waals surface area contributed by atoms with Crippen LogP contribution in [0.1, 0.15) is 19.0 Å². The fourth-order valence-corrected chi connectivity index (χ4v) is 2.40. The van der Waals surface area contributed by atoms with E-state index < -0.39 is 11.8 Å². The highest BCUT2D eigenvalue weighted by molar-refractivity contribution is 5.99. The maximum absolute atomic E-state index is 13.1. The van der Waals surface area contributed by atoms with Gasteiger partial charge >= 0.3 is 6.03 Å². The third-order valence-electron chi connectivity index (χ3n) is 3.75. The van der Waals surface area contributed by atoms with Crippen molar-refractivity contribution in [2.24, 2.45) is 0 Å². The monoisotopic (exact) mass is 367 g/mol. The Morgan fingerprint density at radius 3 is 2.52 bits per heavy atom. The normalized spacial score (nSPS) is 10.4. The average Bonchev–Trinajstić information content (AvgIpc) is 3.09. The Bertz CT molecular complexity index is 953. The molecule has 0 fully saturated rings. The molecule has 0 saturated carbocycles. The van der Waals surface area contributed by atoms with Gasteiger partial charge in [-0.1, -0.05) is 11.3 Å². The van der Waals surface area contributed by atoms with Crippen LogP contribution in [0.3, 0.4) is 0 Å². The number of hydrogen-bond donors (Lipinski definition) is 2. The first-order valence-corrected chi connectivity index (χ1v) is 8.34. The van der Waals surface area contributed by atoms with Crippen molar-refractivity contribution in [2.75, 3.05) is 10.6 Å². The first-order chi connectivity index (χ1) is 13.0. The van der Waals surface area contributed by atoms with Gasteiger partial charge in [-0.3, -0.25) is 0 Å².